The summed E-state index contributed by atoms with van der Waals surface area (Å²) in [7, 11) is 0. The number of H-pyrrole nitrogens is 1. The predicted octanol–water partition coefficient (Wildman–Crippen LogP) is 1.43. The third kappa shape index (κ3) is 3.65. The van der Waals surface area contributed by atoms with Gasteiger partial charge in [-0.25, -0.2) is 9.97 Å². The molecule has 5 nitrogen and oxygen atoms in total. The Morgan fingerprint density at radius 3 is 2.79 bits per heavy atom. The van der Waals surface area contributed by atoms with E-state index in [4.69, 9.17) is 5.73 Å². The molecule has 0 saturated carbocycles. The van der Waals surface area contributed by atoms with E-state index in [9.17, 15) is 4.79 Å². The van der Waals surface area contributed by atoms with Crippen molar-refractivity contribution in [2.75, 3.05) is 6.54 Å². The van der Waals surface area contributed by atoms with Gasteiger partial charge in [-0.15, -0.1) is 0 Å². The molecule has 6 heteroatoms. The molecule has 19 heavy (non-hydrogen) atoms. The predicted molar refractivity (Wildman–Crippen MR) is 75.5 cm³/mol. The standard InChI is InChI=1S/C13H16N4OS/c1-8-5-10(3-4-14)7-15-12(8)19-13-16-9(2)6-11(18)17-13/h5-7H,3-4,14H2,1-2H3,(H,16,17,18). The van der Waals surface area contributed by atoms with E-state index < -0.39 is 0 Å². The first kappa shape index (κ1) is 13.8. The van der Waals surface area contributed by atoms with Crippen LogP contribution < -0.4 is 11.3 Å². The van der Waals surface area contributed by atoms with Crippen LogP contribution in [0.5, 0.6) is 0 Å². The van der Waals surface area contributed by atoms with Gasteiger partial charge in [0.1, 0.15) is 5.03 Å². The van der Waals surface area contributed by atoms with Crippen LogP contribution in [0.2, 0.25) is 0 Å². The monoisotopic (exact) mass is 276 g/mol. The van der Waals surface area contributed by atoms with Crippen molar-refractivity contribution in [2.24, 2.45) is 5.73 Å². The molecule has 3 N–H and O–H groups in total. The Labute approximate surface area is 115 Å². The van der Waals surface area contributed by atoms with Crippen molar-refractivity contribution in [3.63, 3.8) is 0 Å². The minimum absolute atomic E-state index is 0.146. The molecule has 0 fully saturated rings. The molecule has 0 aromatic carbocycles. The number of hydrogen-bond acceptors (Lipinski definition) is 5. The van der Waals surface area contributed by atoms with Crippen molar-refractivity contribution in [3.05, 3.63) is 45.5 Å². The number of aryl methyl sites for hydroxylation is 2. The lowest BCUT2D eigenvalue weighted by atomic mass is 10.2. The average molecular weight is 276 g/mol. The first-order valence-electron chi connectivity index (χ1n) is 6.00. The number of hydrogen-bond donors (Lipinski definition) is 2. The van der Waals surface area contributed by atoms with E-state index in [0.717, 1.165) is 22.6 Å². The Bertz CT molecular complexity index is 639. The zero-order chi connectivity index (χ0) is 13.8. The van der Waals surface area contributed by atoms with Gasteiger partial charge in [-0.1, -0.05) is 6.07 Å². The molecule has 2 aromatic heterocycles. The molecule has 0 aliphatic carbocycles. The first-order valence-corrected chi connectivity index (χ1v) is 6.81. The number of pyridine rings is 1. The summed E-state index contributed by atoms with van der Waals surface area (Å²) < 4.78 is 0. The molecule has 0 aliphatic heterocycles. The minimum Gasteiger partial charge on any atom is -0.330 e. The van der Waals surface area contributed by atoms with E-state index in [1.807, 2.05) is 13.1 Å². The summed E-state index contributed by atoms with van der Waals surface area (Å²) in [5.41, 5.74) is 8.25. The van der Waals surface area contributed by atoms with Crippen molar-refractivity contribution in [1.29, 1.82) is 0 Å². The highest BCUT2D eigenvalue weighted by Crippen LogP contribution is 2.25. The molecule has 2 aromatic rings. The fraction of sp³-hybridized carbons (Fsp3) is 0.308. The van der Waals surface area contributed by atoms with E-state index in [2.05, 4.69) is 21.0 Å². The van der Waals surface area contributed by atoms with E-state index >= 15 is 0 Å². The van der Waals surface area contributed by atoms with Crippen molar-refractivity contribution < 1.29 is 0 Å². The molecule has 0 saturated heterocycles. The van der Waals surface area contributed by atoms with Gasteiger partial charge in [-0.05, 0) is 49.7 Å². The summed E-state index contributed by atoms with van der Waals surface area (Å²) >= 11 is 1.36. The normalized spacial score (nSPS) is 10.7. The van der Waals surface area contributed by atoms with Crippen molar-refractivity contribution in [1.82, 2.24) is 15.0 Å². The van der Waals surface area contributed by atoms with Gasteiger partial charge in [0.25, 0.3) is 5.56 Å². The van der Waals surface area contributed by atoms with Crippen molar-refractivity contribution in [3.8, 4) is 0 Å². The van der Waals surface area contributed by atoms with Gasteiger partial charge in [0.2, 0.25) is 0 Å². The summed E-state index contributed by atoms with van der Waals surface area (Å²) in [6, 6.07) is 3.53. The van der Waals surface area contributed by atoms with Crippen LogP contribution in [0.1, 0.15) is 16.8 Å². The highest BCUT2D eigenvalue weighted by atomic mass is 32.2. The van der Waals surface area contributed by atoms with Gasteiger partial charge in [0, 0.05) is 18.0 Å². The number of aromatic amines is 1. The highest BCUT2D eigenvalue weighted by Gasteiger charge is 2.06. The number of rotatable bonds is 4. The van der Waals surface area contributed by atoms with Gasteiger partial charge in [0.15, 0.2) is 5.16 Å². The fourth-order valence-electron chi connectivity index (χ4n) is 1.72. The molecule has 0 amide bonds. The maximum absolute atomic E-state index is 11.4. The van der Waals surface area contributed by atoms with Crippen LogP contribution >= 0.6 is 11.8 Å². The molecule has 0 radical (unpaired) electrons. The molecular weight excluding hydrogens is 260 g/mol. The van der Waals surface area contributed by atoms with Gasteiger partial charge in [-0.2, -0.15) is 0 Å². The minimum atomic E-state index is -0.146. The molecule has 2 rings (SSSR count). The third-order valence-electron chi connectivity index (χ3n) is 2.56. The average Bonchev–Trinajstić information content (AvgIpc) is 2.32. The van der Waals surface area contributed by atoms with Crippen LogP contribution in [0.4, 0.5) is 0 Å². The van der Waals surface area contributed by atoms with Gasteiger partial charge < -0.3 is 10.7 Å². The molecular formula is C13H16N4OS. The lowest BCUT2D eigenvalue weighted by Gasteiger charge is -2.06. The maximum Gasteiger partial charge on any atom is 0.251 e. The van der Waals surface area contributed by atoms with Gasteiger partial charge in [0.05, 0.1) is 0 Å². The van der Waals surface area contributed by atoms with Crippen LogP contribution in [0.3, 0.4) is 0 Å². The van der Waals surface area contributed by atoms with Crippen molar-refractivity contribution in [2.45, 2.75) is 30.5 Å². The summed E-state index contributed by atoms with van der Waals surface area (Å²) in [5.74, 6) is 0. The van der Waals surface area contributed by atoms with E-state index in [-0.39, 0.29) is 5.56 Å². The van der Waals surface area contributed by atoms with Crippen LogP contribution in [0, 0.1) is 13.8 Å². The van der Waals surface area contributed by atoms with Crippen LogP contribution in [-0.4, -0.2) is 21.5 Å². The number of nitrogens with one attached hydrogen (secondary N) is 1. The molecule has 0 atom stereocenters. The second-order valence-corrected chi connectivity index (χ2v) is 5.28. The Balaban J connectivity index is 2.25. The second-order valence-electron chi connectivity index (χ2n) is 4.30. The Kier molecular flexibility index (Phi) is 4.34. The third-order valence-corrected chi connectivity index (χ3v) is 3.57. The quantitative estimate of drug-likeness (QED) is 0.825. The van der Waals surface area contributed by atoms with E-state index in [1.165, 1.54) is 17.8 Å². The fourth-order valence-corrected chi connectivity index (χ4v) is 2.57. The Morgan fingerprint density at radius 2 is 2.16 bits per heavy atom. The largest absolute Gasteiger partial charge is 0.330 e. The molecule has 100 valence electrons. The van der Waals surface area contributed by atoms with Crippen LogP contribution in [-0.2, 0) is 6.42 Å². The second kappa shape index (κ2) is 5.99. The first-order chi connectivity index (χ1) is 9.08. The molecule has 0 spiro atoms. The van der Waals surface area contributed by atoms with Gasteiger partial charge >= 0.3 is 0 Å². The topological polar surface area (TPSA) is 84.7 Å². The zero-order valence-electron chi connectivity index (χ0n) is 10.9. The van der Waals surface area contributed by atoms with Gasteiger partial charge in [-0.3, -0.25) is 4.79 Å². The summed E-state index contributed by atoms with van der Waals surface area (Å²) in [6.45, 7) is 4.40. The summed E-state index contributed by atoms with van der Waals surface area (Å²) in [6.07, 6.45) is 2.63. The SMILES string of the molecule is Cc1cc(=O)[nH]c(Sc2ncc(CCN)cc2C)n1. The van der Waals surface area contributed by atoms with Crippen molar-refractivity contribution >= 4 is 11.8 Å². The highest BCUT2D eigenvalue weighted by molar-refractivity contribution is 7.99. The molecule has 0 aliphatic rings. The lowest BCUT2D eigenvalue weighted by molar-refractivity contribution is 0.896. The maximum atomic E-state index is 11.4. The number of nitrogens with zero attached hydrogens (tertiary/aromatic N) is 2. The summed E-state index contributed by atoms with van der Waals surface area (Å²) in [4.78, 5) is 22.8. The molecule has 2 heterocycles. The smallest absolute Gasteiger partial charge is 0.251 e. The lowest BCUT2D eigenvalue weighted by Crippen LogP contribution is -2.08. The Morgan fingerprint density at radius 1 is 1.37 bits per heavy atom. The Hall–Kier alpha value is -1.66. The summed E-state index contributed by atoms with van der Waals surface area (Å²) in [5, 5.41) is 1.40. The van der Waals surface area contributed by atoms with Crippen LogP contribution in [0.25, 0.3) is 0 Å². The number of nitrogens with two attached hydrogens (primary N) is 1. The van der Waals surface area contributed by atoms with Crippen LogP contribution in [0.15, 0.2) is 33.3 Å². The van der Waals surface area contributed by atoms with E-state index in [1.54, 1.807) is 6.92 Å². The van der Waals surface area contributed by atoms with E-state index in [0.29, 0.717) is 17.4 Å². The molecule has 0 unspecified atom stereocenters. The zero-order valence-corrected chi connectivity index (χ0v) is 11.8. The molecule has 0 bridgehead atoms. The number of aromatic nitrogens is 3.